The molecule has 0 aliphatic carbocycles. The summed E-state index contributed by atoms with van der Waals surface area (Å²) >= 11 is 0. The van der Waals surface area contributed by atoms with Crippen molar-refractivity contribution in [3.8, 4) is 46.0 Å². The molecular formula is C96H152N8O16. The third-order valence-corrected chi connectivity index (χ3v) is 18.5. The van der Waals surface area contributed by atoms with Gasteiger partial charge in [0.15, 0.2) is 46.0 Å². The molecule has 0 aromatic heterocycles. The molecule has 4 saturated heterocycles. The lowest BCUT2D eigenvalue weighted by atomic mass is 9.79. The molecule has 0 amide bonds. The summed E-state index contributed by atoms with van der Waals surface area (Å²) in [5.74, 6) is -44.5. The Morgan fingerprint density at radius 2 is 0.592 bits per heavy atom. The van der Waals surface area contributed by atoms with Crippen LogP contribution in [-0.2, 0) is 63.8 Å². The topological polar surface area (TPSA) is 296 Å². The van der Waals surface area contributed by atoms with Crippen LogP contribution in [0.25, 0.3) is 0 Å². The van der Waals surface area contributed by atoms with Gasteiger partial charge >= 0.3 is 23.9 Å². The molecule has 8 heterocycles. The molecule has 24 heteroatoms. The molecule has 0 bridgehead atoms. The van der Waals surface area contributed by atoms with Gasteiger partial charge in [0.25, 0.3) is 0 Å². The molecule has 0 saturated carbocycles. The molecule has 4 aromatic carbocycles. The number of piperidine rings is 4. The average Bonchev–Trinajstić information content (AvgIpc) is 0.647. The van der Waals surface area contributed by atoms with Gasteiger partial charge in [0, 0.05) is 191 Å². The van der Waals surface area contributed by atoms with Gasteiger partial charge in [-0.3, -0.25) is 38.8 Å². The van der Waals surface area contributed by atoms with E-state index in [-0.39, 0.29) is 71.2 Å². The number of hydrogen-bond donors (Lipinski definition) is 4. The molecule has 4 fully saturated rings. The molecule has 0 spiro atoms. The van der Waals surface area contributed by atoms with E-state index in [9.17, 15) is 48.0 Å². The van der Waals surface area contributed by atoms with Crippen LogP contribution >= 0.6 is 0 Å². The summed E-state index contributed by atoms with van der Waals surface area (Å²) in [4.78, 5) is 57.3. The summed E-state index contributed by atoms with van der Waals surface area (Å²) in [7, 11) is 0.242. The fourth-order valence-corrected chi connectivity index (χ4v) is 13.0. The Morgan fingerprint density at radius 1 is 0.367 bits per heavy atom. The first-order valence-electron chi connectivity index (χ1n) is 73.1. The highest BCUT2D eigenvalue weighted by Gasteiger charge is 2.47. The molecule has 8 aliphatic heterocycles. The SMILES string of the molecule is [2H]c1c2c(c([2H])c(OC)c1OC([2H])([2H])[2H])C1([2H])N(CC2)C([2H])([2H])C([2H])(CC(C)C)C(OC(=O)[C@@]([2H])(N)C([2H])(C([2H])([2H])[2H])C([2H])([2H])[2H])C1([2H])[2H].[2H]c1c2c(c([2H])c(OC)c1OC([2H])([2H])[2H])C1([2H])N(CC2)C([2H])([2H])C([2H])(CC(C)C)C(OC(=O)[C@@]([2H])(N)C([2H])(C([2H])([2H])[2H])C([2H])([2H])[2H])C1([2H])[2H].[2H]c1c2c(c([2H])c(OC)c1OC)C1([2H])N(CC2)C([2H])([2H])C([2H])(CC(C)C)C(OC(=O)[C@@]([2H])(N)C([2H])(C([2H])([2H])[2H])C([2H])([2H])[2H])C1([2H])[2H].[2H]c1c2c(c([2H])c(OC)c1OC)C1([2H])N(CC2)C([2H])([2H])C([2H])(CC(C)C)C([2H])(OC(=O)[C@@]([2H])(N)C([2H])(C([2H])([2H])[2H])C([2H])([2H])[2H])C1([2H])[2H]. The van der Waals surface area contributed by atoms with Crippen LogP contribution in [0.5, 0.6) is 46.0 Å². The van der Waals surface area contributed by atoms with Crippen LogP contribution in [-0.4, -0.2) is 201 Å². The molecule has 24 nitrogen and oxygen atoms in total. The van der Waals surface area contributed by atoms with E-state index in [2.05, 4.69) is 0 Å². The van der Waals surface area contributed by atoms with E-state index in [4.69, 9.17) is 148 Å². The second kappa shape index (κ2) is 43.9. The molecule has 8 aliphatic rings. The fraction of sp³-hybridized carbons (Fsp3) is 0.708. The highest BCUT2D eigenvalue weighted by atomic mass is 16.6. The van der Waals surface area contributed by atoms with E-state index in [0.29, 0.717) is 19.6 Å². The van der Waals surface area contributed by atoms with Crippen molar-refractivity contribution in [1.82, 2.24) is 19.6 Å². The second-order valence-corrected chi connectivity index (χ2v) is 29.2. The van der Waals surface area contributed by atoms with Crippen molar-refractivity contribution in [1.29, 1.82) is 0 Å². The van der Waals surface area contributed by atoms with Gasteiger partial charge in [0.2, 0.25) is 0 Å². The van der Waals surface area contributed by atoms with E-state index >= 15 is 0 Å². The van der Waals surface area contributed by atoms with Gasteiger partial charge in [0.05, 0.1) is 88.3 Å². The van der Waals surface area contributed by atoms with Crippen molar-refractivity contribution in [3.05, 3.63) is 92.8 Å². The van der Waals surface area contributed by atoms with Crippen LogP contribution in [0.2, 0.25) is 0 Å². The molecule has 120 heavy (non-hydrogen) atoms. The summed E-state index contributed by atoms with van der Waals surface area (Å²) in [6, 6.07) is -34.4. The van der Waals surface area contributed by atoms with Crippen molar-refractivity contribution < 1.29 is 173 Å². The monoisotopic (exact) mass is 1740 g/mol. The molecular weight excluding hydrogens is 1520 g/mol. The fourth-order valence-electron chi connectivity index (χ4n) is 13.0. The number of carbonyl (C=O) groups excluding carboxylic acids is 4. The standard InChI is InChI=1S/4C24H38N2O4/c4*1-14(2)9-17-13-26-8-7-16-10-21(28-5)22(29-6)11-18(16)19(26)12-20(17)30-24(27)23(25)15(3)4/h4*10-11,14-15,17,19-20,23H,7-9,12-13,25H2,1-6H3/t4*17?,19?,20?,23-/m0000/s1/i3D3,4D3,10D,11D,12D2,13D2,15D,17D,19D,20D,23D;2*3D3,4D3,5D3,10D,11D,12D2,13D2,15D,17D,19D,23D;3D3,4D3,10D,11D,12D2,13D2,15D,17D,19D,23D. The predicted molar refractivity (Wildman–Crippen MR) is 471 cm³/mol. The van der Waals surface area contributed by atoms with Gasteiger partial charge in [-0.25, -0.2) is 0 Å². The maximum atomic E-state index is 13.7. The number of esters is 4. The third kappa shape index (κ3) is 23.8. The summed E-state index contributed by atoms with van der Waals surface area (Å²) in [6.07, 6.45) is -30.3. The number of hydrogen-bond acceptors (Lipinski definition) is 24. The Hall–Kier alpha value is -7.16. The molecule has 12 rings (SSSR count). The first kappa shape index (κ1) is 38.4. The number of carbonyl (C=O) groups is 4. The van der Waals surface area contributed by atoms with Crippen LogP contribution in [0.15, 0.2) is 48.3 Å². The molecule has 16 atom stereocenters. The number of fused-ring (bicyclic) bond motifs is 12. The average molecular weight is 1750 g/mol. The summed E-state index contributed by atoms with van der Waals surface area (Å²) in [6.45, 7) is -34.4. The number of nitrogens with zero attached hydrogens (tertiary/aromatic N) is 4. The molecule has 8 N–H and O–H groups in total. The second-order valence-electron chi connectivity index (χ2n) is 29.2. The Labute approximate surface area is 818 Å². The minimum Gasteiger partial charge on any atom is -0.493 e. The van der Waals surface area contributed by atoms with Gasteiger partial charge in [-0.2, -0.15) is 0 Å². The minimum atomic E-state index is -4.15. The first-order valence-corrected chi connectivity index (χ1v) is 37.6. The number of rotatable bonds is 28. The lowest BCUT2D eigenvalue weighted by molar-refractivity contribution is -0.161. The van der Waals surface area contributed by atoms with E-state index in [0.717, 1.165) is 28.4 Å². The van der Waals surface area contributed by atoms with Gasteiger partial charge in [0.1, 0.15) is 48.5 Å². The van der Waals surface area contributed by atoms with Crippen LogP contribution in [0.1, 0.15) is 327 Å². The van der Waals surface area contributed by atoms with Crippen molar-refractivity contribution in [3.63, 3.8) is 0 Å². The number of nitrogens with two attached hydrogens (primary N) is 4. The Kier molecular flexibility index (Phi) is 14.0. The third-order valence-electron chi connectivity index (χ3n) is 18.5. The maximum absolute atomic E-state index is 13.7. The molecule has 12 unspecified atom stereocenters. The molecule has 0 radical (unpaired) electrons. The van der Waals surface area contributed by atoms with Crippen molar-refractivity contribution in [2.24, 2.45) is 93.8 Å². The van der Waals surface area contributed by atoms with E-state index < -0.39 is 433 Å². The quantitative estimate of drug-likeness (QED) is 0.0303. The van der Waals surface area contributed by atoms with Crippen molar-refractivity contribution >= 4 is 23.9 Å². The van der Waals surface area contributed by atoms with Gasteiger partial charge < -0.3 is 79.8 Å². The molecule has 4 aromatic rings. The number of ether oxygens (including phenoxy) is 12. The summed E-state index contributed by atoms with van der Waals surface area (Å²) in [5.41, 5.74) is 19.1. The zero-order chi connectivity index (χ0) is 150. The predicted octanol–water partition coefficient (Wildman–Crippen LogP) is 14.3. The first-order chi connectivity index (χ1) is 84.6. The highest BCUT2D eigenvalue weighted by Crippen LogP contribution is 2.50. The minimum absolute atomic E-state index is 0.0800. The van der Waals surface area contributed by atoms with Gasteiger partial charge in [-0.05, 0) is 191 Å². The van der Waals surface area contributed by atoms with Gasteiger partial charge in [-0.1, -0.05) is 110 Å². The summed E-state index contributed by atoms with van der Waals surface area (Å²) in [5, 5.41) is 0. The van der Waals surface area contributed by atoms with E-state index in [1.54, 1.807) is 13.8 Å². The lowest BCUT2D eigenvalue weighted by Crippen LogP contribution is -2.51. The summed E-state index contributed by atoms with van der Waals surface area (Å²) < 4.78 is 662. The van der Waals surface area contributed by atoms with Crippen molar-refractivity contribution in [2.75, 3.05) is 109 Å². The van der Waals surface area contributed by atoms with Crippen LogP contribution in [0.3, 0.4) is 0 Å². The highest BCUT2D eigenvalue weighted by molar-refractivity contribution is 5.77. The maximum Gasteiger partial charge on any atom is 0.323 e. The Morgan fingerprint density at radius 3 is 0.833 bits per heavy atom. The number of methoxy groups -OCH3 is 8. The van der Waals surface area contributed by atoms with Gasteiger partial charge in [-0.15, -0.1) is 0 Å². The van der Waals surface area contributed by atoms with Crippen molar-refractivity contribution in [2.45, 2.75) is 260 Å². The lowest BCUT2D eigenvalue weighted by Gasteiger charge is -2.47. The van der Waals surface area contributed by atoms with E-state index in [1.165, 1.54) is 55.8 Å². The Balaban J connectivity index is 0.000000277. The normalized spacial score (nSPS) is 44.9. The van der Waals surface area contributed by atoms with Crippen LogP contribution in [0, 0.1) is 70.8 Å². The van der Waals surface area contributed by atoms with Crippen LogP contribution in [0.4, 0.5) is 0 Å². The molecule has 672 valence electrons. The Bertz CT molecular complexity index is 7190. The zero-order valence-electron chi connectivity index (χ0n) is 140. The smallest absolute Gasteiger partial charge is 0.323 e. The van der Waals surface area contributed by atoms with E-state index in [1.807, 2.05) is 0 Å². The largest absolute Gasteiger partial charge is 0.493 e. The van der Waals surface area contributed by atoms with Crippen LogP contribution < -0.4 is 60.8 Å². The number of benzene rings is 4. The zero-order valence-corrected chi connectivity index (χ0v) is 68.7.